The molecule has 0 radical (unpaired) electrons. The molecule has 2 aromatic carbocycles. The zero-order chi connectivity index (χ0) is 21.3. The maximum absolute atomic E-state index is 12.4. The van der Waals surface area contributed by atoms with E-state index in [0.717, 1.165) is 22.6 Å². The van der Waals surface area contributed by atoms with Gasteiger partial charge in [0.2, 0.25) is 6.10 Å². The number of carbonyl (C=O) groups excluding carboxylic acids is 1. The van der Waals surface area contributed by atoms with Gasteiger partial charge in [-0.3, -0.25) is 4.79 Å². The number of amides is 1. The minimum absolute atomic E-state index is 0.127. The van der Waals surface area contributed by atoms with Crippen LogP contribution in [0.15, 0.2) is 53.6 Å². The lowest BCUT2D eigenvalue weighted by atomic mass is 10.2. The van der Waals surface area contributed by atoms with E-state index in [4.69, 9.17) is 32.7 Å². The summed E-state index contributed by atoms with van der Waals surface area (Å²) < 4.78 is 13.3. The topological polar surface area (TPSA) is 64.8 Å². The van der Waals surface area contributed by atoms with E-state index in [1.807, 2.05) is 48.7 Å². The average Bonchev–Trinajstić information content (AvgIpc) is 3.00. The molecular weight excluding hydrogens is 425 g/mol. The molecule has 30 heavy (non-hydrogen) atoms. The molecule has 0 spiro atoms. The summed E-state index contributed by atoms with van der Waals surface area (Å²) in [5.74, 6) is 0.784. The minimum Gasteiger partial charge on any atom is -0.485 e. The van der Waals surface area contributed by atoms with Gasteiger partial charge < -0.3 is 14.0 Å². The first-order valence-electron chi connectivity index (χ1n) is 9.29. The number of nitrogens with one attached hydrogen (secondary N) is 1. The van der Waals surface area contributed by atoms with Crippen LogP contribution in [-0.2, 0) is 4.79 Å². The monoisotopic (exact) mass is 443 g/mol. The third kappa shape index (κ3) is 4.15. The van der Waals surface area contributed by atoms with Gasteiger partial charge in [0.15, 0.2) is 11.5 Å². The second-order valence-electron chi connectivity index (χ2n) is 6.89. The van der Waals surface area contributed by atoms with Gasteiger partial charge in [0.25, 0.3) is 5.91 Å². The molecule has 1 amide bonds. The van der Waals surface area contributed by atoms with Crippen LogP contribution in [0.4, 0.5) is 0 Å². The molecule has 1 N–H and O–H groups in total. The summed E-state index contributed by atoms with van der Waals surface area (Å²) in [5, 5.41) is 5.21. The van der Waals surface area contributed by atoms with E-state index in [0.29, 0.717) is 21.5 Å². The summed E-state index contributed by atoms with van der Waals surface area (Å²) in [6.45, 7) is 4.06. The van der Waals surface area contributed by atoms with Gasteiger partial charge in [-0.2, -0.15) is 5.10 Å². The Labute approximate surface area is 184 Å². The molecule has 1 atom stereocenters. The maximum atomic E-state index is 12.4. The lowest BCUT2D eigenvalue weighted by Gasteiger charge is -2.24. The quantitative estimate of drug-likeness (QED) is 0.469. The second kappa shape index (κ2) is 8.42. The molecular formula is C22H19Cl2N3O3. The highest BCUT2D eigenvalue weighted by Gasteiger charge is 2.27. The van der Waals surface area contributed by atoms with Crippen LogP contribution in [0.1, 0.15) is 17.0 Å². The van der Waals surface area contributed by atoms with E-state index in [-0.39, 0.29) is 12.5 Å². The van der Waals surface area contributed by atoms with Gasteiger partial charge in [-0.1, -0.05) is 35.3 Å². The van der Waals surface area contributed by atoms with Crippen LogP contribution >= 0.6 is 23.2 Å². The Bertz CT molecular complexity index is 1120. The van der Waals surface area contributed by atoms with Gasteiger partial charge in [-0.05, 0) is 50.2 Å². The number of halogens is 2. The van der Waals surface area contributed by atoms with E-state index < -0.39 is 6.10 Å². The fourth-order valence-corrected chi connectivity index (χ4v) is 3.88. The van der Waals surface area contributed by atoms with Gasteiger partial charge in [0, 0.05) is 32.7 Å². The third-order valence-corrected chi connectivity index (χ3v) is 5.19. The van der Waals surface area contributed by atoms with Crippen LogP contribution in [0, 0.1) is 13.8 Å². The second-order valence-corrected chi connectivity index (χ2v) is 7.76. The highest BCUT2D eigenvalue weighted by Crippen LogP contribution is 2.31. The summed E-state index contributed by atoms with van der Waals surface area (Å²) in [6, 6.07) is 14.6. The van der Waals surface area contributed by atoms with Crippen molar-refractivity contribution >= 4 is 35.3 Å². The molecule has 6 nitrogen and oxygen atoms in total. The van der Waals surface area contributed by atoms with E-state index in [2.05, 4.69) is 10.5 Å². The molecule has 154 valence electrons. The predicted molar refractivity (Wildman–Crippen MR) is 117 cm³/mol. The standard InChI is InChI=1S/C22H19Cl2N3O3/c1-13-7-15(14(2)27(13)18-9-16(23)8-17(24)10-18)11-25-26-22(28)21-12-29-19-5-3-4-6-20(19)30-21/h3-11,21H,12H2,1-2H3,(H,26,28)/b25-11+. The number of rotatable bonds is 4. The summed E-state index contributed by atoms with van der Waals surface area (Å²) in [7, 11) is 0. The molecule has 0 fully saturated rings. The SMILES string of the molecule is Cc1cc(/C=N/NC(=O)C2COc3ccccc3O2)c(C)n1-c1cc(Cl)cc(Cl)c1. The predicted octanol–water partition coefficient (Wildman–Crippen LogP) is 4.69. The van der Waals surface area contributed by atoms with Crippen molar-refractivity contribution in [3.8, 4) is 17.2 Å². The Morgan fingerprint density at radius 1 is 1.13 bits per heavy atom. The van der Waals surface area contributed by atoms with Crippen molar-refractivity contribution in [2.75, 3.05) is 6.61 Å². The van der Waals surface area contributed by atoms with Crippen LogP contribution < -0.4 is 14.9 Å². The molecule has 3 aromatic rings. The average molecular weight is 444 g/mol. The van der Waals surface area contributed by atoms with Gasteiger partial charge in [0.1, 0.15) is 6.61 Å². The number of carbonyl (C=O) groups is 1. The van der Waals surface area contributed by atoms with Crippen molar-refractivity contribution in [2.45, 2.75) is 20.0 Å². The number of fused-ring (bicyclic) bond motifs is 1. The van der Waals surface area contributed by atoms with Gasteiger partial charge in [-0.25, -0.2) is 5.43 Å². The van der Waals surface area contributed by atoms with Gasteiger partial charge in [-0.15, -0.1) is 0 Å². The van der Waals surface area contributed by atoms with Crippen molar-refractivity contribution in [3.63, 3.8) is 0 Å². The molecule has 0 saturated heterocycles. The van der Waals surface area contributed by atoms with Crippen LogP contribution in [0.2, 0.25) is 10.0 Å². The summed E-state index contributed by atoms with van der Waals surface area (Å²) >= 11 is 12.3. The van der Waals surface area contributed by atoms with E-state index in [1.165, 1.54) is 0 Å². The first kappa shape index (κ1) is 20.3. The van der Waals surface area contributed by atoms with Crippen LogP contribution in [-0.4, -0.2) is 29.4 Å². The van der Waals surface area contributed by atoms with Crippen molar-refractivity contribution in [3.05, 3.63) is 75.5 Å². The van der Waals surface area contributed by atoms with E-state index in [9.17, 15) is 4.79 Å². The van der Waals surface area contributed by atoms with Crippen LogP contribution in [0.25, 0.3) is 5.69 Å². The number of hydrazone groups is 1. The van der Waals surface area contributed by atoms with Crippen molar-refractivity contribution in [2.24, 2.45) is 5.10 Å². The molecule has 4 rings (SSSR count). The molecule has 8 heteroatoms. The lowest BCUT2D eigenvalue weighted by Crippen LogP contribution is -2.42. The lowest BCUT2D eigenvalue weighted by molar-refractivity contribution is -0.130. The Kier molecular flexibility index (Phi) is 5.70. The summed E-state index contributed by atoms with van der Waals surface area (Å²) in [4.78, 5) is 12.4. The molecule has 0 bridgehead atoms. The molecule has 0 aliphatic carbocycles. The molecule has 2 heterocycles. The minimum atomic E-state index is -0.766. The normalized spacial score (nSPS) is 15.4. The Hall–Kier alpha value is -2.96. The molecule has 1 aliphatic heterocycles. The van der Waals surface area contributed by atoms with Crippen molar-refractivity contribution < 1.29 is 14.3 Å². The number of ether oxygens (including phenoxy) is 2. The Morgan fingerprint density at radius 3 is 2.57 bits per heavy atom. The number of nitrogens with zero attached hydrogens (tertiary/aromatic N) is 2. The smallest absolute Gasteiger partial charge is 0.284 e. The van der Waals surface area contributed by atoms with Crippen molar-refractivity contribution in [1.29, 1.82) is 0 Å². The number of para-hydroxylation sites is 2. The fraction of sp³-hybridized carbons (Fsp3) is 0.182. The third-order valence-electron chi connectivity index (χ3n) is 4.76. The molecule has 1 aliphatic rings. The Morgan fingerprint density at radius 2 is 1.83 bits per heavy atom. The highest BCUT2D eigenvalue weighted by atomic mass is 35.5. The van der Waals surface area contributed by atoms with Gasteiger partial charge in [0.05, 0.1) is 6.21 Å². The number of benzene rings is 2. The Balaban J connectivity index is 1.47. The van der Waals surface area contributed by atoms with Crippen molar-refractivity contribution in [1.82, 2.24) is 9.99 Å². The van der Waals surface area contributed by atoms with Gasteiger partial charge >= 0.3 is 0 Å². The van der Waals surface area contributed by atoms with Crippen LogP contribution in [0.3, 0.4) is 0 Å². The number of aromatic nitrogens is 1. The van der Waals surface area contributed by atoms with Crippen LogP contribution in [0.5, 0.6) is 11.5 Å². The number of hydrogen-bond donors (Lipinski definition) is 1. The molecule has 1 aromatic heterocycles. The zero-order valence-corrected chi connectivity index (χ0v) is 17.9. The number of hydrogen-bond acceptors (Lipinski definition) is 4. The zero-order valence-electron chi connectivity index (χ0n) is 16.4. The largest absolute Gasteiger partial charge is 0.485 e. The van der Waals surface area contributed by atoms with E-state index >= 15 is 0 Å². The summed E-state index contributed by atoms with van der Waals surface area (Å²) in [5.41, 5.74) is 6.16. The first-order chi connectivity index (χ1) is 14.4. The first-order valence-corrected chi connectivity index (χ1v) is 10.0. The summed E-state index contributed by atoms with van der Waals surface area (Å²) in [6.07, 6.45) is 0.832. The van der Waals surface area contributed by atoms with E-state index in [1.54, 1.807) is 24.4 Å². The number of aryl methyl sites for hydroxylation is 1. The maximum Gasteiger partial charge on any atom is 0.284 e. The molecule has 0 saturated carbocycles. The fourth-order valence-electron chi connectivity index (χ4n) is 3.37. The molecule has 1 unspecified atom stereocenters. The highest BCUT2D eigenvalue weighted by molar-refractivity contribution is 6.34.